The molecule has 0 aromatic carbocycles. The molecule has 54 valence electrons. The van der Waals surface area contributed by atoms with Crippen LogP contribution in [-0.4, -0.2) is 25.7 Å². The summed E-state index contributed by atoms with van der Waals surface area (Å²) >= 11 is 0. The highest BCUT2D eigenvalue weighted by Gasteiger charge is 2.15. The lowest BCUT2D eigenvalue weighted by Gasteiger charge is -1.87. The van der Waals surface area contributed by atoms with E-state index in [1.807, 2.05) is 0 Å². The third-order valence-corrected chi connectivity index (χ3v) is 1.55. The molecule has 0 saturated heterocycles. The van der Waals surface area contributed by atoms with E-state index in [2.05, 4.69) is 10.3 Å². The molecule has 1 aliphatic rings. The molecule has 1 heterocycles. The lowest BCUT2D eigenvalue weighted by atomic mass is 10.2. The Bertz CT molecular complexity index is 216. The monoisotopic (exact) mass is 138 g/mol. The van der Waals surface area contributed by atoms with E-state index in [0.717, 1.165) is 11.1 Å². The topological polar surface area (TPSA) is 41.5 Å². The maximum atomic E-state index is 10.8. The molecule has 10 heavy (non-hydrogen) atoms. The Morgan fingerprint density at radius 2 is 2.40 bits per heavy atom. The number of rotatable bonds is 1. The minimum Gasteiger partial charge on any atom is -0.348 e. The molecule has 0 fully saturated rings. The van der Waals surface area contributed by atoms with Gasteiger partial charge in [-0.05, 0) is 12.5 Å². The number of hydrogen-bond acceptors (Lipinski definition) is 2. The minimum absolute atomic E-state index is 0.0231. The van der Waals surface area contributed by atoms with E-state index >= 15 is 0 Å². The van der Waals surface area contributed by atoms with E-state index in [4.69, 9.17) is 0 Å². The van der Waals surface area contributed by atoms with Crippen molar-refractivity contribution in [1.29, 1.82) is 0 Å². The zero-order valence-electron chi connectivity index (χ0n) is 6.14. The van der Waals surface area contributed by atoms with Crippen LogP contribution in [0.3, 0.4) is 0 Å². The first-order valence-corrected chi connectivity index (χ1v) is 3.16. The average Bonchev–Trinajstić information content (AvgIpc) is 2.20. The van der Waals surface area contributed by atoms with Gasteiger partial charge in [0, 0.05) is 25.4 Å². The normalized spacial score (nSPS) is 18.8. The third kappa shape index (κ3) is 1.07. The van der Waals surface area contributed by atoms with Gasteiger partial charge in [-0.1, -0.05) is 0 Å². The van der Waals surface area contributed by atoms with Gasteiger partial charge in [-0.2, -0.15) is 0 Å². The first-order chi connectivity index (χ1) is 4.75. The predicted molar refractivity (Wildman–Crippen MR) is 40.1 cm³/mol. The second-order valence-corrected chi connectivity index (χ2v) is 2.22. The number of nitrogens with one attached hydrogen (secondary N) is 1. The van der Waals surface area contributed by atoms with Gasteiger partial charge in [0.05, 0.1) is 0 Å². The summed E-state index contributed by atoms with van der Waals surface area (Å²) in [5.41, 5.74) is 1.78. The van der Waals surface area contributed by atoms with Crippen LogP contribution in [0, 0.1) is 0 Å². The first kappa shape index (κ1) is 6.99. The molecule has 1 amide bonds. The van der Waals surface area contributed by atoms with Crippen molar-refractivity contribution >= 4 is 12.1 Å². The average molecular weight is 138 g/mol. The van der Waals surface area contributed by atoms with E-state index in [1.54, 1.807) is 20.2 Å². The fourth-order valence-corrected chi connectivity index (χ4v) is 0.885. The van der Waals surface area contributed by atoms with Crippen molar-refractivity contribution in [3.63, 3.8) is 0 Å². The maximum absolute atomic E-state index is 10.8. The number of carbonyl (C=O) groups is 1. The SMILES string of the molecule is C/N=C\C1=C(C)C(=O)NC1. The van der Waals surface area contributed by atoms with Gasteiger partial charge in [0.2, 0.25) is 5.91 Å². The van der Waals surface area contributed by atoms with Crippen molar-refractivity contribution in [3.05, 3.63) is 11.1 Å². The molecule has 1 rings (SSSR count). The highest BCUT2D eigenvalue weighted by molar-refractivity contribution is 6.03. The van der Waals surface area contributed by atoms with E-state index in [9.17, 15) is 4.79 Å². The molecule has 0 atom stereocenters. The zero-order chi connectivity index (χ0) is 7.56. The van der Waals surface area contributed by atoms with Crippen LogP contribution < -0.4 is 5.32 Å². The van der Waals surface area contributed by atoms with Crippen molar-refractivity contribution in [2.24, 2.45) is 4.99 Å². The summed E-state index contributed by atoms with van der Waals surface area (Å²) in [6.45, 7) is 2.43. The molecular formula is C7H10N2O. The van der Waals surface area contributed by atoms with Gasteiger partial charge in [-0.3, -0.25) is 9.79 Å². The second kappa shape index (κ2) is 2.64. The summed E-state index contributed by atoms with van der Waals surface area (Å²) < 4.78 is 0. The Labute approximate surface area is 59.8 Å². The molecule has 1 aliphatic heterocycles. The van der Waals surface area contributed by atoms with E-state index < -0.39 is 0 Å². The van der Waals surface area contributed by atoms with Gasteiger partial charge >= 0.3 is 0 Å². The standard InChI is InChI=1S/C7H10N2O/c1-5-6(3-8-2)4-9-7(5)10/h3H,4H2,1-2H3,(H,9,10)/b8-3-. The van der Waals surface area contributed by atoms with Crippen LogP contribution in [-0.2, 0) is 4.79 Å². The number of aliphatic imine (C=N–C) groups is 1. The minimum atomic E-state index is 0.0231. The molecule has 0 aliphatic carbocycles. The molecule has 0 unspecified atom stereocenters. The Morgan fingerprint density at radius 1 is 1.70 bits per heavy atom. The van der Waals surface area contributed by atoms with Gasteiger partial charge in [0.1, 0.15) is 0 Å². The largest absolute Gasteiger partial charge is 0.348 e. The van der Waals surface area contributed by atoms with Crippen LogP contribution >= 0.6 is 0 Å². The second-order valence-electron chi connectivity index (χ2n) is 2.22. The van der Waals surface area contributed by atoms with Gasteiger partial charge in [0.15, 0.2) is 0 Å². The highest BCUT2D eigenvalue weighted by atomic mass is 16.1. The molecular weight excluding hydrogens is 128 g/mol. The van der Waals surface area contributed by atoms with Crippen LogP contribution in [0.15, 0.2) is 16.1 Å². The molecule has 0 aromatic rings. The summed E-state index contributed by atoms with van der Waals surface area (Å²) in [7, 11) is 1.70. The van der Waals surface area contributed by atoms with Crippen molar-refractivity contribution in [1.82, 2.24) is 5.32 Å². The molecule has 0 bridgehead atoms. The van der Waals surface area contributed by atoms with Gasteiger partial charge < -0.3 is 5.32 Å². The van der Waals surface area contributed by atoms with Crippen LogP contribution in [0.1, 0.15) is 6.92 Å². The zero-order valence-corrected chi connectivity index (χ0v) is 6.14. The molecule has 0 aromatic heterocycles. The highest BCUT2D eigenvalue weighted by Crippen LogP contribution is 2.06. The third-order valence-electron chi connectivity index (χ3n) is 1.55. The number of carbonyl (C=O) groups excluding carboxylic acids is 1. The Morgan fingerprint density at radius 3 is 2.80 bits per heavy atom. The summed E-state index contributed by atoms with van der Waals surface area (Å²) in [4.78, 5) is 14.7. The van der Waals surface area contributed by atoms with Gasteiger partial charge in [0.25, 0.3) is 0 Å². The maximum Gasteiger partial charge on any atom is 0.247 e. The van der Waals surface area contributed by atoms with E-state index in [0.29, 0.717) is 6.54 Å². The van der Waals surface area contributed by atoms with Crippen molar-refractivity contribution in [3.8, 4) is 0 Å². The molecule has 0 saturated carbocycles. The predicted octanol–water partition coefficient (Wildman–Crippen LogP) is 0.133. The fraction of sp³-hybridized carbons (Fsp3) is 0.429. The first-order valence-electron chi connectivity index (χ1n) is 3.16. The van der Waals surface area contributed by atoms with Crippen LogP contribution in [0.25, 0.3) is 0 Å². The van der Waals surface area contributed by atoms with Crippen LogP contribution in [0.2, 0.25) is 0 Å². The number of amides is 1. The van der Waals surface area contributed by atoms with Crippen LogP contribution in [0.4, 0.5) is 0 Å². The van der Waals surface area contributed by atoms with Gasteiger partial charge in [-0.15, -0.1) is 0 Å². The quantitative estimate of drug-likeness (QED) is 0.514. The van der Waals surface area contributed by atoms with Crippen LogP contribution in [0.5, 0.6) is 0 Å². The molecule has 3 nitrogen and oxygen atoms in total. The summed E-state index contributed by atoms with van der Waals surface area (Å²) in [5.74, 6) is 0.0231. The molecule has 1 N–H and O–H groups in total. The van der Waals surface area contributed by atoms with E-state index in [1.165, 1.54) is 0 Å². The molecule has 3 heteroatoms. The Balaban J connectivity index is 2.85. The smallest absolute Gasteiger partial charge is 0.247 e. The Hall–Kier alpha value is -1.12. The molecule has 0 spiro atoms. The number of nitrogens with zero attached hydrogens (tertiary/aromatic N) is 1. The number of hydrogen-bond donors (Lipinski definition) is 1. The Kier molecular flexibility index (Phi) is 1.85. The fourth-order valence-electron chi connectivity index (χ4n) is 0.885. The van der Waals surface area contributed by atoms with E-state index in [-0.39, 0.29) is 5.91 Å². The lowest BCUT2D eigenvalue weighted by Crippen LogP contribution is -2.16. The lowest BCUT2D eigenvalue weighted by molar-refractivity contribution is -0.116. The molecule has 0 radical (unpaired) electrons. The van der Waals surface area contributed by atoms with Crippen molar-refractivity contribution in [2.45, 2.75) is 6.92 Å². The summed E-state index contributed by atoms with van der Waals surface area (Å²) in [6, 6.07) is 0. The van der Waals surface area contributed by atoms with Crippen molar-refractivity contribution in [2.75, 3.05) is 13.6 Å². The van der Waals surface area contributed by atoms with Crippen molar-refractivity contribution < 1.29 is 4.79 Å². The summed E-state index contributed by atoms with van der Waals surface area (Å²) in [5, 5.41) is 2.70. The van der Waals surface area contributed by atoms with Gasteiger partial charge in [-0.25, -0.2) is 0 Å². The summed E-state index contributed by atoms with van der Waals surface area (Å²) in [6.07, 6.45) is 1.72.